The molecule has 26 heavy (non-hydrogen) atoms. The minimum atomic E-state index is -0.598. The van der Waals surface area contributed by atoms with Crippen LogP contribution in [0.2, 0.25) is 5.02 Å². The van der Waals surface area contributed by atoms with Crippen molar-refractivity contribution in [3.8, 4) is 0 Å². The first-order valence-corrected chi connectivity index (χ1v) is 9.23. The minimum Gasteiger partial charge on any atom is -0.351 e. The second kappa shape index (κ2) is 7.92. The van der Waals surface area contributed by atoms with Crippen LogP contribution in [0.25, 0.3) is 0 Å². The highest BCUT2D eigenvalue weighted by Gasteiger charge is 2.43. The third-order valence-electron chi connectivity index (χ3n) is 5.19. The number of likely N-dealkylation sites (tertiary alicyclic amines) is 1. The molecule has 1 heterocycles. The molecule has 0 saturated carbocycles. The van der Waals surface area contributed by atoms with Crippen LogP contribution in [0.4, 0.5) is 0 Å². The van der Waals surface area contributed by atoms with Gasteiger partial charge < -0.3 is 10.2 Å². The Kier molecular flexibility index (Phi) is 5.62. The van der Waals surface area contributed by atoms with Crippen LogP contribution in [0.3, 0.4) is 0 Å². The van der Waals surface area contributed by atoms with Gasteiger partial charge in [0.25, 0.3) is 0 Å². The number of nitrogens with zero attached hydrogens (tertiary/aromatic N) is 1. The van der Waals surface area contributed by atoms with E-state index in [4.69, 9.17) is 11.6 Å². The maximum absolute atomic E-state index is 13.2. The van der Waals surface area contributed by atoms with Crippen LogP contribution in [0, 0.1) is 0 Å². The fourth-order valence-corrected chi connectivity index (χ4v) is 3.69. The summed E-state index contributed by atoms with van der Waals surface area (Å²) >= 11 is 5.92. The smallest absolute Gasteiger partial charge is 0.231 e. The van der Waals surface area contributed by atoms with Gasteiger partial charge in [0, 0.05) is 31.6 Å². The number of carbonyl (C=O) groups excluding carboxylic acids is 2. The number of hydrogen-bond donors (Lipinski definition) is 1. The van der Waals surface area contributed by atoms with E-state index in [0.717, 1.165) is 11.1 Å². The van der Waals surface area contributed by atoms with E-state index in [2.05, 4.69) is 5.32 Å². The van der Waals surface area contributed by atoms with Gasteiger partial charge in [0.05, 0.1) is 5.41 Å². The van der Waals surface area contributed by atoms with E-state index in [1.54, 1.807) is 6.92 Å². The van der Waals surface area contributed by atoms with Gasteiger partial charge in [-0.05, 0) is 36.1 Å². The van der Waals surface area contributed by atoms with Crippen molar-refractivity contribution in [1.29, 1.82) is 0 Å². The molecule has 0 atom stereocenters. The van der Waals surface area contributed by atoms with Crippen molar-refractivity contribution >= 4 is 23.4 Å². The van der Waals surface area contributed by atoms with Crippen molar-refractivity contribution in [2.45, 2.75) is 31.7 Å². The fraction of sp³-hybridized carbons (Fsp3) is 0.333. The molecule has 2 aromatic rings. The molecule has 0 unspecified atom stereocenters. The highest BCUT2D eigenvalue weighted by atomic mass is 35.5. The maximum Gasteiger partial charge on any atom is 0.231 e. The quantitative estimate of drug-likeness (QED) is 0.894. The largest absolute Gasteiger partial charge is 0.351 e. The van der Waals surface area contributed by atoms with Crippen LogP contribution >= 0.6 is 11.6 Å². The Morgan fingerprint density at radius 1 is 1.04 bits per heavy atom. The summed E-state index contributed by atoms with van der Waals surface area (Å²) < 4.78 is 0. The van der Waals surface area contributed by atoms with Gasteiger partial charge in [0.15, 0.2) is 0 Å². The molecule has 1 N–H and O–H groups in total. The molecule has 0 spiro atoms. The molecule has 0 aromatic heterocycles. The third-order valence-corrected chi connectivity index (χ3v) is 5.44. The van der Waals surface area contributed by atoms with Crippen LogP contribution in [0.5, 0.6) is 0 Å². The minimum absolute atomic E-state index is 0.0156. The molecule has 1 aliphatic heterocycles. The van der Waals surface area contributed by atoms with Crippen molar-refractivity contribution in [3.05, 3.63) is 70.7 Å². The molecule has 1 fully saturated rings. The van der Waals surface area contributed by atoms with Crippen molar-refractivity contribution < 1.29 is 9.59 Å². The topological polar surface area (TPSA) is 49.4 Å². The van der Waals surface area contributed by atoms with Gasteiger partial charge in [-0.2, -0.15) is 0 Å². The van der Waals surface area contributed by atoms with Crippen LogP contribution in [0.1, 0.15) is 30.9 Å². The molecule has 0 bridgehead atoms. The monoisotopic (exact) mass is 370 g/mol. The standard InChI is InChI=1S/C21H23ClN2O2/c1-16(25)24-13-11-21(12-14-24,18-5-3-2-4-6-18)20(26)23-15-17-7-9-19(22)10-8-17/h2-10H,11-15H2,1H3,(H,23,26). The number of benzene rings is 2. The lowest BCUT2D eigenvalue weighted by molar-refractivity contribution is -0.135. The zero-order valence-electron chi connectivity index (χ0n) is 14.9. The molecule has 0 radical (unpaired) electrons. The molecular formula is C21H23ClN2O2. The SMILES string of the molecule is CC(=O)N1CCC(C(=O)NCc2ccc(Cl)cc2)(c2ccccc2)CC1. The molecule has 2 aromatic carbocycles. The summed E-state index contributed by atoms with van der Waals surface area (Å²) in [5, 5.41) is 3.76. The van der Waals surface area contributed by atoms with Crippen LogP contribution in [0.15, 0.2) is 54.6 Å². The lowest BCUT2D eigenvalue weighted by atomic mass is 9.72. The van der Waals surface area contributed by atoms with Gasteiger partial charge in [-0.3, -0.25) is 9.59 Å². The second-order valence-corrected chi connectivity index (χ2v) is 7.20. The van der Waals surface area contributed by atoms with Gasteiger partial charge in [-0.1, -0.05) is 54.1 Å². The Labute approximate surface area is 159 Å². The molecule has 136 valence electrons. The van der Waals surface area contributed by atoms with Crippen LogP contribution in [-0.4, -0.2) is 29.8 Å². The highest BCUT2D eigenvalue weighted by molar-refractivity contribution is 6.30. The van der Waals surface area contributed by atoms with E-state index >= 15 is 0 Å². The van der Waals surface area contributed by atoms with Gasteiger partial charge in [-0.25, -0.2) is 0 Å². The molecule has 4 nitrogen and oxygen atoms in total. The van der Waals surface area contributed by atoms with E-state index in [9.17, 15) is 9.59 Å². The number of amides is 2. The molecule has 1 saturated heterocycles. The number of hydrogen-bond acceptors (Lipinski definition) is 2. The second-order valence-electron chi connectivity index (χ2n) is 6.76. The summed E-state index contributed by atoms with van der Waals surface area (Å²) in [5.41, 5.74) is 1.42. The summed E-state index contributed by atoms with van der Waals surface area (Å²) in [4.78, 5) is 26.7. The normalized spacial score (nSPS) is 16.2. The zero-order chi connectivity index (χ0) is 18.6. The summed E-state index contributed by atoms with van der Waals surface area (Å²) in [7, 11) is 0. The first-order valence-electron chi connectivity index (χ1n) is 8.85. The van der Waals surface area contributed by atoms with E-state index in [1.807, 2.05) is 59.5 Å². The Morgan fingerprint density at radius 3 is 2.23 bits per heavy atom. The third kappa shape index (κ3) is 3.91. The van der Waals surface area contributed by atoms with Crippen molar-refractivity contribution in [3.63, 3.8) is 0 Å². The number of carbonyl (C=O) groups is 2. The number of rotatable bonds is 4. The summed E-state index contributed by atoms with van der Waals surface area (Å²) in [6.07, 6.45) is 1.26. The predicted molar refractivity (Wildman–Crippen MR) is 103 cm³/mol. The average molecular weight is 371 g/mol. The van der Waals surface area contributed by atoms with Gasteiger partial charge in [-0.15, -0.1) is 0 Å². The van der Waals surface area contributed by atoms with Crippen molar-refractivity contribution in [2.24, 2.45) is 0 Å². The number of piperidine rings is 1. The van der Waals surface area contributed by atoms with E-state index in [1.165, 1.54) is 0 Å². The number of nitrogens with one attached hydrogen (secondary N) is 1. The van der Waals surface area contributed by atoms with Crippen LogP contribution < -0.4 is 5.32 Å². The molecule has 3 rings (SSSR count). The average Bonchev–Trinajstić information content (AvgIpc) is 2.68. The molecule has 5 heteroatoms. The van der Waals surface area contributed by atoms with Gasteiger partial charge >= 0.3 is 0 Å². The Hall–Kier alpha value is -2.33. The Balaban J connectivity index is 1.78. The Morgan fingerprint density at radius 2 is 1.65 bits per heavy atom. The molecular weight excluding hydrogens is 348 g/mol. The van der Waals surface area contributed by atoms with E-state index in [-0.39, 0.29) is 11.8 Å². The van der Waals surface area contributed by atoms with Crippen molar-refractivity contribution in [1.82, 2.24) is 10.2 Å². The van der Waals surface area contributed by atoms with Gasteiger partial charge in [0.2, 0.25) is 11.8 Å². The fourth-order valence-electron chi connectivity index (χ4n) is 3.56. The summed E-state index contributed by atoms with van der Waals surface area (Å²) in [6, 6.07) is 17.3. The first kappa shape index (κ1) is 18.5. The summed E-state index contributed by atoms with van der Waals surface area (Å²) in [5.74, 6) is 0.0788. The lowest BCUT2D eigenvalue weighted by Crippen LogP contribution is -2.52. The zero-order valence-corrected chi connectivity index (χ0v) is 15.6. The van der Waals surface area contributed by atoms with E-state index < -0.39 is 5.41 Å². The van der Waals surface area contributed by atoms with Crippen LogP contribution in [-0.2, 0) is 21.5 Å². The van der Waals surface area contributed by atoms with Gasteiger partial charge in [0.1, 0.15) is 0 Å². The maximum atomic E-state index is 13.2. The highest BCUT2D eigenvalue weighted by Crippen LogP contribution is 2.36. The number of halogens is 1. The lowest BCUT2D eigenvalue weighted by Gasteiger charge is -2.40. The first-order chi connectivity index (χ1) is 12.5. The molecule has 1 aliphatic rings. The van der Waals surface area contributed by atoms with E-state index in [0.29, 0.717) is 37.5 Å². The molecule has 2 amide bonds. The molecule has 0 aliphatic carbocycles. The predicted octanol–water partition coefficient (Wildman–Crippen LogP) is 3.54. The Bertz CT molecular complexity index is 766. The van der Waals surface area contributed by atoms with Crippen molar-refractivity contribution in [2.75, 3.05) is 13.1 Å². The summed E-state index contributed by atoms with van der Waals surface area (Å²) in [6.45, 7) is 3.23.